The molecule has 4 rings (SSSR count). The fourth-order valence-electron chi connectivity index (χ4n) is 4.03. The fourth-order valence-corrected chi connectivity index (χ4v) is 4.24. The lowest BCUT2D eigenvalue weighted by molar-refractivity contribution is 0.0699. The Morgan fingerprint density at radius 1 is 1.10 bits per heavy atom. The second-order valence-corrected chi connectivity index (χ2v) is 8.42. The van der Waals surface area contributed by atoms with Gasteiger partial charge in [-0.3, -0.25) is 14.8 Å². The first-order valence-corrected chi connectivity index (χ1v) is 10.7. The van der Waals surface area contributed by atoms with Gasteiger partial charge in [0.05, 0.1) is 11.9 Å². The topological polar surface area (TPSA) is 59.0 Å². The van der Waals surface area contributed by atoms with Crippen LogP contribution in [0.15, 0.2) is 48.8 Å². The van der Waals surface area contributed by atoms with E-state index in [1.165, 1.54) is 11.1 Å². The summed E-state index contributed by atoms with van der Waals surface area (Å²) in [4.78, 5) is 28.0. The van der Waals surface area contributed by atoms with Crippen LogP contribution < -0.4 is 0 Å². The summed E-state index contributed by atoms with van der Waals surface area (Å²) in [6.07, 6.45) is 5.99. The van der Waals surface area contributed by atoms with E-state index in [-0.39, 0.29) is 11.8 Å². The van der Waals surface area contributed by atoms with Crippen LogP contribution in [-0.2, 0) is 6.42 Å². The van der Waals surface area contributed by atoms with E-state index in [9.17, 15) is 4.79 Å². The number of aromatic nitrogens is 3. The van der Waals surface area contributed by atoms with Gasteiger partial charge in [0, 0.05) is 41.6 Å². The molecule has 1 atom stereocenters. The number of likely N-dealkylation sites (tertiary alicyclic amines) is 1. The van der Waals surface area contributed by atoms with Crippen LogP contribution >= 0.6 is 11.6 Å². The highest BCUT2D eigenvalue weighted by atomic mass is 35.5. The van der Waals surface area contributed by atoms with Crippen molar-refractivity contribution in [2.24, 2.45) is 0 Å². The Hall–Kier alpha value is -2.79. The molecule has 0 N–H and O–H groups in total. The molecule has 0 aliphatic carbocycles. The number of hydrogen-bond acceptors (Lipinski definition) is 4. The zero-order valence-corrected chi connectivity index (χ0v) is 18.1. The SMILES string of the molecule is Cc1cnc(C(=O)N2CCCC(c3cc(Cc4cccc(Cl)c4)cc(C)n3)C2)cn1. The van der Waals surface area contributed by atoms with Gasteiger partial charge in [-0.1, -0.05) is 23.7 Å². The van der Waals surface area contributed by atoms with Crippen LogP contribution in [0.1, 0.15) is 57.5 Å². The molecule has 0 radical (unpaired) electrons. The van der Waals surface area contributed by atoms with Crippen molar-refractivity contribution in [3.8, 4) is 0 Å². The van der Waals surface area contributed by atoms with E-state index in [0.717, 1.165) is 47.9 Å². The number of halogens is 1. The van der Waals surface area contributed by atoms with Gasteiger partial charge < -0.3 is 4.90 Å². The molecule has 0 bridgehead atoms. The third kappa shape index (κ3) is 4.85. The first-order chi connectivity index (χ1) is 14.5. The second-order valence-electron chi connectivity index (χ2n) is 7.98. The molecule has 3 aromatic rings. The van der Waals surface area contributed by atoms with E-state index >= 15 is 0 Å². The average molecular weight is 421 g/mol. The lowest BCUT2D eigenvalue weighted by Crippen LogP contribution is -2.39. The van der Waals surface area contributed by atoms with Crippen LogP contribution in [0.25, 0.3) is 0 Å². The molecule has 1 fully saturated rings. The maximum atomic E-state index is 12.9. The molecule has 1 saturated heterocycles. The Morgan fingerprint density at radius 2 is 1.97 bits per heavy atom. The molecule has 1 unspecified atom stereocenters. The Morgan fingerprint density at radius 3 is 2.73 bits per heavy atom. The fraction of sp³-hybridized carbons (Fsp3) is 0.333. The molecule has 0 saturated carbocycles. The van der Waals surface area contributed by atoms with Crippen molar-refractivity contribution >= 4 is 17.5 Å². The zero-order chi connectivity index (χ0) is 21.1. The first kappa shape index (κ1) is 20.5. The van der Waals surface area contributed by atoms with Crippen molar-refractivity contribution in [2.45, 2.75) is 39.0 Å². The molecule has 5 nitrogen and oxygen atoms in total. The maximum Gasteiger partial charge on any atom is 0.274 e. The summed E-state index contributed by atoms with van der Waals surface area (Å²) in [5, 5.41) is 0.749. The Bertz CT molecular complexity index is 1050. The summed E-state index contributed by atoms with van der Waals surface area (Å²) in [6, 6.07) is 12.3. The van der Waals surface area contributed by atoms with Gasteiger partial charge in [0.15, 0.2) is 0 Å². The third-order valence-electron chi connectivity index (χ3n) is 5.46. The van der Waals surface area contributed by atoms with E-state index < -0.39 is 0 Å². The van der Waals surface area contributed by atoms with E-state index in [4.69, 9.17) is 16.6 Å². The monoisotopic (exact) mass is 420 g/mol. The zero-order valence-electron chi connectivity index (χ0n) is 17.3. The highest BCUT2D eigenvalue weighted by Crippen LogP contribution is 2.28. The molecule has 154 valence electrons. The Kier molecular flexibility index (Phi) is 6.09. The van der Waals surface area contributed by atoms with Crippen LogP contribution in [0.4, 0.5) is 0 Å². The number of carbonyl (C=O) groups excluding carboxylic acids is 1. The summed E-state index contributed by atoms with van der Waals surface area (Å²) >= 11 is 6.14. The van der Waals surface area contributed by atoms with Gasteiger partial charge in [-0.25, -0.2) is 4.98 Å². The molecule has 1 aromatic carbocycles. The predicted molar refractivity (Wildman–Crippen MR) is 118 cm³/mol. The molecule has 6 heteroatoms. The Balaban J connectivity index is 1.52. The number of carbonyl (C=O) groups is 1. The molecule has 2 aromatic heterocycles. The number of nitrogens with zero attached hydrogens (tertiary/aromatic N) is 4. The number of rotatable bonds is 4. The summed E-state index contributed by atoms with van der Waals surface area (Å²) in [5.74, 6) is 0.165. The molecule has 1 aliphatic rings. The van der Waals surface area contributed by atoms with E-state index in [1.807, 2.05) is 36.9 Å². The first-order valence-electron chi connectivity index (χ1n) is 10.3. The molecular weight excluding hydrogens is 396 g/mol. The van der Waals surface area contributed by atoms with Crippen molar-refractivity contribution in [3.63, 3.8) is 0 Å². The third-order valence-corrected chi connectivity index (χ3v) is 5.69. The Labute approximate surface area is 182 Å². The molecule has 0 spiro atoms. The quantitative estimate of drug-likeness (QED) is 0.611. The highest BCUT2D eigenvalue weighted by molar-refractivity contribution is 6.30. The second kappa shape index (κ2) is 8.92. The molecule has 1 aliphatic heterocycles. The van der Waals surface area contributed by atoms with Crippen molar-refractivity contribution in [1.29, 1.82) is 0 Å². The summed E-state index contributed by atoms with van der Waals surface area (Å²) in [5.41, 5.74) is 5.65. The number of amides is 1. The number of piperidine rings is 1. The van der Waals surface area contributed by atoms with Crippen LogP contribution in [0.3, 0.4) is 0 Å². The lowest BCUT2D eigenvalue weighted by atomic mass is 9.92. The smallest absolute Gasteiger partial charge is 0.274 e. The predicted octanol–water partition coefficient (Wildman–Crippen LogP) is 4.75. The van der Waals surface area contributed by atoms with E-state index in [0.29, 0.717) is 12.2 Å². The van der Waals surface area contributed by atoms with Gasteiger partial charge in [0.2, 0.25) is 0 Å². The summed E-state index contributed by atoms with van der Waals surface area (Å²) in [6.45, 7) is 5.29. The van der Waals surface area contributed by atoms with Gasteiger partial charge in [-0.15, -0.1) is 0 Å². The molecular formula is C24H25ClN4O. The molecule has 30 heavy (non-hydrogen) atoms. The van der Waals surface area contributed by atoms with Crippen LogP contribution in [0.2, 0.25) is 5.02 Å². The van der Waals surface area contributed by atoms with Crippen LogP contribution in [0, 0.1) is 13.8 Å². The standard InChI is InChI=1S/C24H25ClN4O/c1-16-9-19(10-18-5-3-7-21(25)11-18)12-22(28-16)20-6-4-8-29(15-20)24(30)23-14-26-17(2)13-27-23/h3,5,7,9,11-14,20H,4,6,8,10,15H2,1-2H3. The van der Waals surface area contributed by atoms with Gasteiger partial charge in [0.1, 0.15) is 5.69 Å². The normalized spacial score (nSPS) is 16.5. The van der Waals surface area contributed by atoms with Gasteiger partial charge in [-0.2, -0.15) is 0 Å². The van der Waals surface area contributed by atoms with Crippen molar-refractivity contribution in [2.75, 3.05) is 13.1 Å². The van der Waals surface area contributed by atoms with Crippen LogP contribution in [-0.4, -0.2) is 38.8 Å². The average Bonchev–Trinajstić information content (AvgIpc) is 2.73. The lowest BCUT2D eigenvalue weighted by Gasteiger charge is -2.32. The maximum absolute atomic E-state index is 12.9. The van der Waals surface area contributed by atoms with Gasteiger partial charge in [-0.05, 0) is 68.5 Å². The number of benzene rings is 1. The number of pyridine rings is 1. The summed E-state index contributed by atoms with van der Waals surface area (Å²) in [7, 11) is 0. The minimum atomic E-state index is -0.0565. The van der Waals surface area contributed by atoms with Crippen molar-refractivity contribution in [1.82, 2.24) is 19.9 Å². The molecule has 1 amide bonds. The minimum Gasteiger partial charge on any atom is -0.337 e. The van der Waals surface area contributed by atoms with Gasteiger partial charge in [0.25, 0.3) is 5.91 Å². The van der Waals surface area contributed by atoms with Crippen molar-refractivity contribution in [3.05, 3.63) is 87.7 Å². The number of hydrogen-bond donors (Lipinski definition) is 0. The minimum absolute atomic E-state index is 0.0565. The van der Waals surface area contributed by atoms with E-state index in [1.54, 1.807) is 12.4 Å². The van der Waals surface area contributed by atoms with Crippen LogP contribution in [0.5, 0.6) is 0 Å². The summed E-state index contributed by atoms with van der Waals surface area (Å²) < 4.78 is 0. The number of aryl methyl sites for hydroxylation is 2. The molecule has 3 heterocycles. The highest BCUT2D eigenvalue weighted by Gasteiger charge is 2.27. The van der Waals surface area contributed by atoms with E-state index in [2.05, 4.69) is 28.2 Å². The van der Waals surface area contributed by atoms with Crippen molar-refractivity contribution < 1.29 is 4.79 Å². The largest absolute Gasteiger partial charge is 0.337 e. The van der Waals surface area contributed by atoms with Gasteiger partial charge >= 0.3 is 0 Å².